The van der Waals surface area contributed by atoms with Gasteiger partial charge < -0.3 is 4.42 Å². The Morgan fingerprint density at radius 3 is 2.02 bits per heavy atom. The van der Waals surface area contributed by atoms with Crippen molar-refractivity contribution in [3.8, 4) is 44.8 Å². The van der Waals surface area contributed by atoms with Crippen LogP contribution < -0.4 is 0 Å². The first kappa shape index (κ1) is 30.3. The number of para-hydroxylation sites is 1. The maximum atomic E-state index is 6.30. The van der Waals surface area contributed by atoms with Crippen LogP contribution in [0.25, 0.3) is 88.5 Å². The average Bonchev–Trinajstić information content (AvgIpc) is 3.75. The lowest BCUT2D eigenvalue weighted by atomic mass is 9.43. The van der Waals surface area contributed by atoms with E-state index in [1.807, 2.05) is 18.2 Å². The van der Waals surface area contributed by atoms with Gasteiger partial charge in [-0.25, -0.2) is 9.97 Å². The highest BCUT2D eigenvalue weighted by Gasteiger charge is 2.61. The van der Waals surface area contributed by atoms with Crippen LogP contribution in [0.2, 0.25) is 0 Å². The minimum absolute atomic E-state index is 0.0743. The van der Waals surface area contributed by atoms with Crippen molar-refractivity contribution >= 4 is 43.7 Å². The van der Waals surface area contributed by atoms with Crippen molar-refractivity contribution in [2.24, 2.45) is 23.7 Å². The summed E-state index contributed by atoms with van der Waals surface area (Å²) in [5, 5.41) is 6.14. The van der Waals surface area contributed by atoms with Gasteiger partial charge in [0.25, 0.3) is 0 Å². The van der Waals surface area contributed by atoms with Crippen LogP contribution in [-0.4, -0.2) is 9.97 Å². The van der Waals surface area contributed by atoms with Gasteiger partial charge in [0.2, 0.25) is 5.71 Å². The Balaban J connectivity index is 1.08. The average molecular weight is 707 g/mol. The van der Waals surface area contributed by atoms with Gasteiger partial charge in [-0.05, 0) is 129 Å². The van der Waals surface area contributed by atoms with Crippen LogP contribution in [0.15, 0.2) is 150 Å². The van der Waals surface area contributed by atoms with Crippen LogP contribution in [-0.2, 0) is 5.41 Å². The fraction of sp³-hybridized carbons (Fsp3) is 0.192. The summed E-state index contributed by atoms with van der Waals surface area (Å²) in [6.45, 7) is 0. The van der Waals surface area contributed by atoms with Crippen LogP contribution in [0.5, 0.6) is 0 Å². The first-order valence-electron chi connectivity index (χ1n) is 20.2. The fourth-order valence-corrected chi connectivity index (χ4v) is 12.4. The lowest BCUT2D eigenvalue weighted by Crippen LogP contribution is -2.55. The number of fused-ring (bicyclic) bond motifs is 9. The number of furan rings is 1. The highest BCUT2D eigenvalue weighted by Crippen LogP contribution is 2.70. The normalized spacial score (nSPS) is 23.3. The lowest BCUT2D eigenvalue weighted by Gasteiger charge is -2.61. The Bertz CT molecular complexity index is 3030. The second-order valence-corrected chi connectivity index (χ2v) is 16.9. The number of hydrogen-bond donors (Lipinski definition) is 0. The number of nitrogens with zero attached hydrogens (tertiary/aromatic N) is 2. The van der Waals surface area contributed by atoms with Gasteiger partial charge >= 0.3 is 0 Å². The zero-order chi connectivity index (χ0) is 35.8. The van der Waals surface area contributed by atoms with Crippen LogP contribution in [0.4, 0.5) is 0 Å². The van der Waals surface area contributed by atoms with Crippen molar-refractivity contribution in [2.45, 2.75) is 37.5 Å². The van der Waals surface area contributed by atoms with E-state index in [2.05, 4.69) is 127 Å². The molecule has 0 saturated heterocycles. The van der Waals surface area contributed by atoms with E-state index in [0.717, 1.165) is 50.8 Å². The van der Waals surface area contributed by atoms with Gasteiger partial charge in [0.05, 0.1) is 5.69 Å². The Morgan fingerprint density at radius 2 is 1.20 bits per heavy atom. The number of benzene rings is 7. The summed E-state index contributed by atoms with van der Waals surface area (Å²) in [6.07, 6.45) is 6.93. The molecule has 14 rings (SSSR count). The third-order valence-electron chi connectivity index (χ3n) is 14.3. The van der Waals surface area contributed by atoms with E-state index >= 15 is 0 Å². The van der Waals surface area contributed by atoms with Crippen LogP contribution in [0, 0.1) is 23.7 Å². The molecule has 4 saturated carbocycles. The smallest absolute Gasteiger partial charge is 0.246 e. The highest BCUT2D eigenvalue weighted by atomic mass is 16.3. The summed E-state index contributed by atoms with van der Waals surface area (Å²) in [5.74, 6) is 3.19. The summed E-state index contributed by atoms with van der Waals surface area (Å²) in [5.41, 5.74) is 14.7. The van der Waals surface area contributed by atoms with Gasteiger partial charge in [0.1, 0.15) is 16.8 Å². The highest BCUT2D eigenvalue weighted by molar-refractivity contribution is 6.10. The van der Waals surface area contributed by atoms with Crippen molar-refractivity contribution in [3.05, 3.63) is 157 Å². The third kappa shape index (κ3) is 4.06. The topological polar surface area (TPSA) is 38.9 Å². The van der Waals surface area contributed by atoms with Crippen molar-refractivity contribution in [1.82, 2.24) is 9.97 Å². The quantitative estimate of drug-likeness (QED) is 0.184. The molecule has 1 spiro atoms. The molecule has 0 amide bonds. The zero-order valence-electron chi connectivity index (χ0n) is 30.5. The molecule has 3 heteroatoms. The largest absolute Gasteiger partial charge is 0.436 e. The van der Waals surface area contributed by atoms with Crippen LogP contribution in [0.3, 0.4) is 0 Å². The molecule has 262 valence electrons. The number of rotatable bonds is 3. The molecule has 4 fully saturated rings. The van der Waals surface area contributed by atoms with E-state index in [0.29, 0.717) is 17.5 Å². The van der Waals surface area contributed by atoms with Gasteiger partial charge in [-0.2, -0.15) is 0 Å². The van der Waals surface area contributed by atoms with Crippen molar-refractivity contribution < 1.29 is 4.42 Å². The SMILES string of the molecule is c1ccc(-c2nc3oc4ccccc4c3nc2-c2cccc3cccc(-c4ccc5c(c4)C4(c6ccc7ccccc7c6-5)C5CC6CC(C5)CC4C6)c23)cc1. The van der Waals surface area contributed by atoms with Crippen LogP contribution >= 0.6 is 0 Å². The van der Waals surface area contributed by atoms with Gasteiger partial charge in [0.15, 0.2) is 0 Å². The Labute approximate surface area is 319 Å². The summed E-state index contributed by atoms with van der Waals surface area (Å²) in [4.78, 5) is 10.7. The fourth-order valence-electron chi connectivity index (χ4n) is 12.4. The summed E-state index contributed by atoms with van der Waals surface area (Å²) >= 11 is 0. The molecule has 9 aromatic rings. The van der Waals surface area contributed by atoms with E-state index in [4.69, 9.17) is 14.4 Å². The molecule has 0 aliphatic heterocycles. The molecule has 55 heavy (non-hydrogen) atoms. The number of hydrogen-bond acceptors (Lipinski definition) is 3. The molecule has 2 aromatic heterocycles. The molecule has 5 aliphatic rings. The molecular weight excluding hydrogens is 669 g/mol. The van der Waals surface area contributed by atoms with E-state index < -0.39 is 0 Å². The molecule has 2 heterocycles. The van der Waals surface area contributed by atoms with Gasteiger partial charge in [-0.1, -0.05) is 127 Å². The van der Waals surface area contributed by atoms with Gasteiger partial charge in [-0.3, -0.25) is 0 Å². The van der Waals surface area contributed by atoms with Crippen molar-refractivity contribution in [1.29, 1.82) is 0 Å². The molecule has 0 radical (unpaired) electrons. The van der Waals surface area contributed by atoms with E-state index in [9.17, 15) is 0 Å². The lowest BCUT2D eigenvalue weighted by molar-refractivity contribution is -0.0399. The second-order valence-electron chi connectivity index (χ2n) is 16.9. The van der Waals surface area contributed by atoms with Crippen molar-refractivity contribution in [2.75, 3.05) is 0 Å². The standard InChI is InChI=1S/C52H38N2O/c1-2-11-34(12-3-1)48-49(53-50-41-16-6-7-19-45(41)55-51(50)54-48)42-18-9-14-33-13-8-17-39(46(33)42)35-20-22-40-44(29-35)52(36-25-30-24-31(27-36)28-37(52)26-30)43-23-21-32-10-4-5-15-38(32)47(40)43/h1-23,29-31,36-37H,24-28H2. The summed E-state index contributed by atoms with van der Waals surface area (Å²) < 4.78 is 6.30. The molecule has 0 unspecified atom stereocenters. The number of aromatic nitrogens is 2. The molecule has 4 bridgehead atoms. The Morgan fingerprint density at radius 1 is 0.491 bits per heavy atom. The van der Waals surface area contributed by atoms with E-state index in [1.54, 1.807) is 11.1 Å². The predicted octanol–water partition coefficient (Wildman–Crippen LogP) is 13.4. The third-order valence-corrected chi connectivity index (χ3v) is 14.3. The van der Waals surface area contributed by atoms with E-state index in [1.165, 1.54) is 75.9 Å². The zero-order valence-corrected chi connectivity index (χ0v) is 30.5. The van der Waals surface area contributed by atoms with Crippen molar-refractivity contribution in [3.63, 3.8) is 0 Å². The predicted molar refractivity (Wildman–Crippen MR) is 224 cm³/mol. The Kier molecular flexibility index (Phi) is 6.06. The Hall–Kier alpha value is -6.06. The molecule has 0 N–H and O–H groups in total. The monoisotopic (exact) mass is 706 g/mol. The first-order valence-corrected chi connectivity index (χ1v) is 20.2. The second kappa shape index (κ2) is 11.0. The summed E-state index contributed by atoms with van der Waals surface area (Å²) in [6, 6.07) is 53.6. The van der Waals surface area contributed by atoms with Gasteiger partial charge in [-0.15, -0.1) is 0 Å². The van der Waals surface area contributed by atoms with Crippen LogP contribution in [0.1, 0.15) is 43.2 Å². The molecule has 0 atom stereocenters. The van der Waals surface area contributed by atoms with Gasteiger partial charge in [0, 0.05) is 21.9 Å². The van der Waals surface area contributed by atoms with E-state index in [-0.39, 0.29) is 5.41 Å². The minimum atomic E-state index is 0.0743. The minimum Gasteiger partial charge on any atom is -0.436 e. The molecular formula is C52H38N2O. The molecule has 3 nitrogen and oxygen atoms in total. The molecule has 5 aliphatic carbocycles. The molecule has 7 aromatic carbocycles. The maximum absolute atomic E-state index is 6.30. The maximum Gasteiger partial charge on any atom is 0.246 e. The first-order chi connectivity index (χ1) is 27.2. The summed E-state index contributed by atoms with van der Waals surface area (Å²) in [7, 11) is 0.